The van der Waals surface area contributed by atoms with Gasteiger partial charge in [-0.3, -0.25) is 9.69 Å². The van der Waals surface area contributed by atoms with Gasteiger partial charge in [-0.1, -0.05) is 12.1 Å². The minimum atomic E-state index is 0.247. The van der Waals surface area contributed by atoms with Gasteiger partial charge < -0.3 is 4.90 Å². The van der Waals surface area contributed by atoms with E-state index in [1.54, 1.807) is 0 Å². The molecular formula is C16H21IN2O. The van der Waals surface area contributed by atoms with Crippen molar-refractivity contribution in [2.24, 2.45) is 5.92 Å². The van der Waals surface area contributed by atoms with Gasteiger partial charge >= 0.3 is 0 Å². The second kappa shape index (κ2) is 6.54. The van der Waals surface area contributed by atoms with E-state index in [0.717, 1.165) is 37.7 Å². The summed E-state index contributed by atoms with van der Waals surface area (Å²) in [6, 6.07) is 7.88. The summed E-state index contributed by atoms with van der Waals surface area (Å²) < 4.78 is 1.17. The van der Waals surface area contributed by atoms with Gasteiger partial charge in [-0.05, 0) is 53.5 Å². The number of ketones is 1. The second-order valence-electron chi connectivity index (χ2n) is 5.95. The molecule has 2 aliphatic rings. The van der Waals surface area contributed by atoms with Gasteiger partial charge in [0.1, 0.15) is 0 Å². The van der Waals surface area contributed by atoms with Crippen LogP contribution in [-0.2, 0) is 0 Å². The number of carbonyl (C=O) groups excluding carboxylic acids is 1. The maximum Gasteiger partial charge on any atom is 0.176 e. The van der Waals surface area contributed by atoms with E-state index < -0.39 is 0 Å². The topological polar surface area (TPSA) is 23.6 Å². The summed E-state index contributed by atoms with van der Waals surface area (Å²) in [5, 5.41) is 0. The first-order chi connectivity index (χ1) is 9.70. The van der Waals surface area contributed by atoms with E-state index in [4.69, 9.17) is 0 Å². The number of Topliss-reactive ketones (excluding diaryl/α,β-unsaturated/α-hetero) is 1. The third-order valence-electron chi connectivity index (χ3n) is 4.21. The van der Waals surface area contributed by atoms with E-state index in [9.17, 15) is 4.79 Å². The fourth-order valence-corrected chi connectivity index (χ4v) is 3.09. The molecule has 3 nitrogen and oxygen atoms in total. The molecule has 0 amide bonds. The number of hydrogen-bond donors (Lipinski definition) is 0. The monoisotopic (exact) mass is 384 g/mol. The number of carbonyl (C=O) groups is 1. The van der Waals surface area contributed by atoms with Crippen LogP contribution in [0.25, 0.3) is 0 Å². The van der Waals surface area contributed by atoms with E-state index >= 15 is 0 Å². The van der Waals surface area contributed by atoms with Crippen molar-refractivity contribution in [3.63, 3.8) is 0 Å². The molecule has 4 heteroatoms. The van der Waals surface area contributed by atoms with Gasteiger partial charge in [0.15, 0.2) is 5.78 Å². The summed E-state index contributed by atoms with van der Waals surface area (Å²) in [7, 11) is 0. The highest BCUT2D eigenvalue weighted by Crippen LogP contribution is 2.29. The number of halogens is 1. The van der Waals surface area contributed by atoms with E-state index in [1.165, 1.54) is 23.0 Å². The fourth-order valence-electron chi connectivity index (χ4n) is 2.73. The van der Waals surface area contributed by atoms with Crippen LogP contribution >= 0.6 is 22.6 Å². The molecule has 1 saturated carbocycles. The largest absolute Gasteiger partial charge is 0.301 e. The molecule has 1 aliphatic heterocycles. The van der Waals surface area contributed by atoms with Crippen LogP contribution in [0.2, 0.25) is 0 Å². The molecule has 0 radical (unpaired) electrons. The summed E-state index contributed by atoms with van der Waals surface area (Å²) in [5.41, 5.74) is 0.839. The van der Waals surface area contributed by atoms with E-state index in [2.05, 4.69) is 32.4 Å². The molecule has 20 heavy (non-hydrogen) atoms. The third-order valence-corrected chi connectivity index (χ3v) is 4.93. The van der Waals surface area contributed by atoms with E-state index in [-0.39, 0.29) is 5.78 Å². The normalized spacial score (nSPS) is 21.1. The summed E-state index contributed by atoms with van der Waals surface area (Å²) >= 11 is 2.26. The Bertz CT molecular complexity index is 462. The van der Waals surface area contributed by atoms with Gasteiger partial charge in [0.2, 0.25) is 0 Å². The molecule has 1 aliphatic carbocycles. The Balaban J connectivity index is 1.46. The van der Waals surface area contributed by atoms with Crippen molar-refractivity contribution in [1.82, 2.24) is 9.80 Å². The first-order valence-electron chi connectivity index (χ1n) is 7.44. The van der Waals surface area contributed by atoms with E-state index in [1.807, 2.05) is 24.3 Å². The number of piperazine rings is 1. The van der Waals surface area contributed by atoms with Gasteiger partial charge in [0.25, 0.3) is 0 Å². The summed E-state index contributed by atoms with van der Waals surface area (Å²) in [4.78, 5) is 17.1. The zero-order chi connectivity index (χ0) is 13.9. The zero-order valence-corrected chi connectivity index (χ0v) is 13.9. The van der Waals surface area contributed by atoms with Gasteiger partial charge in [0.05, 0.1) is 6.54 Å². The molecule has 0 aromatic heterocycles. The van der Waals surface area contributed by atoms with Crippen LogP contribution in [0.5, 0.6) is 0 Å². The zero-order valence-electron chi connectivity index (χ0n) is 11.7. The van der Waals surface area contributed by atoms with Crippen molar-refractivity contribution in [3.05, 3.63) is 33.4 Å². The Morgan fingerprint density at radius 1 is 1.05 bits per heavy atom. The first kappa shape index (κ1) is 14.5. The van der Waals surface area contributed by atoms with Crippen molar-refractivity contribution < 1.29 is 4.79 Å². The molecule has 0 spiro atoms. The van der Waals surface area contributed by atoms with Crippen molar-refractivity contribution in [3.8, 4) is 0 Å². The van der Waals surface area contributed by atoms with Gasteiger partial charge in [-0.25, -0.2) is 0 Å². The lowest BCUT2D eigenvalue weighted by atomic mass is 10.1. The molecule has 2 fully saturated rings. The van der Waals surface area contributed by atoms with Gasteiger partial charge in [0, 0.05) is 41.9 Å². The average molecular weight is 384 g/mol. The van der Waals surface area contributed by atoms with Crippen molar-refractivity contribution in [2.45, 2.75) is 12.8 Å². The Hall–Kier alpha value is -0.460. The third kappa shape index (κ3) is 4.02. The smallest absolute Gasteiger partial charge is 0.176 e. The predicted molar refractivity (Wildman–Crippen MR) is 89.1 cm³/mol. The highest BCUT2D eigenvalue weighted by Gasteiger charge is 2.26. The van der Waals surface area contributed by atoms with E-state index in [0.29, 0.717) is 6.54 Å². The fraction of sp³-hybridized carbons (Fsp3) is 0.562. The Labute approximate surface area is 134 Å². The molecule has 3 rings (SSSR count). The van der Waals surface area contributed by atoms with Crippen LogP contribution in [0.3, 0.4) is 0 Å². The average Bonchev–Trinajstić information content (AvgIpc) is 3.26. The maximum atomic E-state index is 12.2. The number of rotatable bonds is 5. The molecule has 1 heterocycles. The highest BCUT2D eigenvalue weighted by atomic mass is 127. The second-order valence-corrected chi connectivity index (χ2v) is 7.20. The maximum absolute atomic E-state index is 12.2. The summed E-state index contributed by atoms with van der Waals surface area (Å²) in [5.74, 6) is 1.21. The number of hydrogen-bond acceptors (Lipinski definition) is 3. The lowest BCUT2D eigenvalue weighted by molar-refractivity contribution is 0.0847. The molecular weight excluding hydrogens is 363 g/mol. The van der Waals surface area contributed by atoms with Crippen molar-refractivity contribution in [2.75, 3.05) is 39.3 Å². The molecule has 1 aromatic carbocycles. The molecule has 0 atom stereocenters. The minimum Gasteiger partial charge on any atom is -0.301 e. The Morgan fingerprint density at radius 3 is 2.25 bits per heavy atom. The van der Waals surface area contributed by atoms with Crippen LogP contribution in [0.4, 0.5) is 0 Å². The standard InChI is InChI=1S/C16H21IN2O/c17-15-5-3-14(4-6-15)16(20)12-19-9-7-18(8-10-19)11-13-1-2-13/h3-6,13H,1-2,7-12H2. The number of benzene rings is 1. The van der Waals surface area contributed by atoms with Crippen molar-refractivity contribution >= 4 is 28.4 Å². The molecule has 0 bridgehead atoms. The van der Waals surface area contributed by atoms with Crippen LogP contribution in [0.1, 0.15) is 23.2 Å². The molecule has 108 valence electrons. The SMILES string of the molecule is O=C(CN1CCN(CC2CC2)CC1)c1ccc(I)cc1. The quantitative estimate of drug-likeness (QED) is 0.576. The van der Waals surface area contributed by atoms with Crippen molar-refractivity contribution in [1.29, 1.82) is 0 Å². The van der Waals surface area contributed by atoms with Gasteiger partial charge in [-0.2, -0.15) is 0 Å². The molecule has 0 N–H and O–H groups in total. The summed E-state index contributed by atoms with van der Waals surface area (Å²) in [6.45, 7) is 6.15. The van der Waals surface area contributed by atoms with Crippen LogP contribution in [0.15, 0.2) is 24.3 Å². The summed E-state index contributed by atoms with van der Waals surface area (Å²) in [6.07, 6.45) is 2.84. The van der Waals surface area contributed by atoms with Crippen LogP contribution < -0.4 is 0 Å². The molecule has 0 unspecified atom stereocenters. The Kier molecular flexibility index (Phi) is 4.73. The predicted octanol–water partition coefficient (Wildman–Crippen LogP) is 2.50. The highest BCUT2D eigenvalue weighted by molar-refractivity contribution is 14.1. The number of nitrogens with zero attached hydrogens (tertiary/aromatic N) is 2. The molecule has 1 saturated heterocycles. The van der Waals surface area contributed by atoms with Crippen LogP contribution in [-0.4, -0.2) is 54.9 Å². The molecule has 1 aromatic rings. The lowest BCUT2D eigenvalue weighted by Crippen LogP contribution is -2.48. The van der Waals surface area contributed by atoms with Crippen LogP contribution in [0, 0.1) is 9.49 Å². The minimum absolute atomic E-state index is 0.247. The lowest BCUT2D eigenvalue weighted by Gasteiger charge is -2.34. The first-order valence-corrected chi connectivity index (χ1v) is 8.52. The van der Waals surface area contributed by atoms with Gasteiger partial charge in [-0.15, -0.1) is 0 Å². The Morgan fingerprint density at radius 2 is 1.65 bits per heavy atom.